The molecule has 0 aliphatic rings. The molecule has 0 fully saturated rings. The predicted molar refractivity (Wildman–Crippen MR) is 95.8 cm³/mol. The van der Waals surface area contributed by atoms with Gasteiger partial charge in [-0.25, -0.2) is 4.98 Å². The molecule has 2 heterocycles. The number of fused-ring (bicyclic) bond motifs is 1. The van der Waals surface area contributed by atoms with E-state index in [1.165, 1.54) is 11.8 Å². The highest BCUT2D eigenvalue weighted by molar-refractivity contribution is 7.98. The third kappa shape index (κ3) is 3.16. The molecule has 0 unspecified atom stereocenters. The first-order chi connectivity index (χ1) is 12.2. The number of aryl methyl sites for hydroxylation is 1. The van der Waals surface area contributed by atoms with Crippen molar-refractivity contribution in [3.05, 3.63) is 70.3 Å². The molecule has 0 saturated heterocycles. The van der Waals surface area contributed by atoms with Crippen LogP contribution in [0.4, 0.5) is 0 Å². The molecule has 0 saturated carbocycles. The summed E-state index contributed by atoms with van der Waals surface area (Å²) in [5.41, 5.74) is 2.57. The second kappa shape index (κ2) is 6.48. The fourth-order valence-electron chi connectivity index (χ4n) is 2.53. The van der Waals surface area contributed by atoms with Crippen molar-refractivity contribution < 1.29 is 0 Å². The summed E-state index contributed by atoms with van der Waals surface area (Å²) >= 11 is 1.42. The molecule has 0 radical (unpaired) electrons. The summed E-state index contributed by atoms with van der Waals surface area (Å²) in [4.78, 5) is 19.4. The third-order valence-electron chi connectivity index (χ3n) is 3.69. The normalized spacial score (nSPS) is 11.1. The number of hydrogen-bond acceptors (Lipinski definition) is 6. The van der Waals surface area contributed by atoms with Crippen molar-refractivity contribution in [1.82, 2.24) is 30.2 Å². The number of nitrogens with one attached hydrogen (secondary N) is 1. The molecule has 0 atom stereocenters. The quantitative estimate of drug-likeness (QED) is 0.569. The molecule has 1 N–H and O–H groups in total. The zero-order valence-electron chi connectivity index (χ0n) is 13.4. The van der Waals surface area contributed by atoms with Gasteiger partial charge in [-0.2, -0.15) is 4.68 Å². The van der Waals surface area contributed by atoms with Crippen molar-refractivity contribution in [2.75, 3.05) is 0 Å². The Bertz CT molecular complexity index is 1100. The van der Waals surface area contributed by atoms with Crippen LogP contribution in [0, 0.1) is 6.92 Å². The molecule has 2 aromatic heterocycles. The second-order valence-electron chi connectivity index (χ2n) is 5.53. The van der Waals surface area contributed by atoms with E-state index in [4.69, 9.17) is 0 Å². The lowest BCUT2D eigenvalue weighted by molar-refractivity contribution is 0.755. The minimum atomic E-state index is -0.139. The molecular weight excluding hydrogens is 336 g/mol. The maximum Gasteiger partial charge on any atom is 0.258 e. The number of benzene rings is 2. The Balaban J connectivity index is 1.61. The van der Waals surface area contributed by atoms with E-state index < -0.39 is 0 Å². The topological polar surface area (TPSA) is 89.3 Å². The number of thioether (sulfide) groups is 1. The van der Waals surface area contributed by atoms with Crippen LogP contribution in [-0.4, -0.2) is 30.2 Å². The van der Waals surface area contributed by atoms with E-state index in [9.17, 15) is 4.79 Å². The van der Waals surface area contributed by atoms with Gasteiger partial charge in [0.25, 0.3) is 5.56 Å². The number of nitrogens with zero attached hydrogens (tertiary/aromatic N) is 5. The van der Waals surface area contributed by atoms with Crippen LogP contribution in [0.2, 0.25) is 0 Å². The predicted octanol–water partition coefficient (Wildman–Crippen LogP) is 2.50. The van der Waals surface area contributed by atoms with Gasteiger partial charge in [0.15, 0.2) is 0 Å². The molecule has 8 heteroatoms. The molecule has 0 aliphatic carbocycles. The van der Waals surface area contributed by atoms with Gasteiger partial charge >= 0.3 is 0 Å². The number of aromatic nitrogens is 6. The summed E-state index contributed by atoms with van der Waals surface area (Å²) in [6, 6.07) is 15.2. The van der Waals surface area contributed by atoms with Gasteiger partial charge in [-0.1, -0.05) is 36.0 Å². The number of H-pyrrole nitrogens is 1. The Kier molecular flexibility index (Phi) is 4.02. The summed E-state index contributed by atoms with van der Waals surface area (Å²) < 4.78 is 1.68. The highest BCUT2D eigenvalue weighted by Crippen LogP contribution is 2.21. The number of rotatable bonds is 4. The van der Waals surface area contributed by atoms with Crippen LogP contribution in [0.3, 0.4) is 0 Å². The lowest BCUT2D eigenvalue weighted by atomic mass is 10.2. The van der Waals surface area contributed by atoms with Gasteiger partial charge in [0.2, 0.25) is 5.16 Å². The van der Waals surface area contributed by atoms with Gasteiger partial charge in [-0.15, -0.1) is 5.10 Å². The molecule has 0 amide bonds. The third-order valence-corrected chi connectivity index (χ3v) is 4.62. The zero-order chi connectivity index (χ0) is 17.2. The van der Waals surface area contributed by atoms with Gasteiger partial charge in [0.1, 0.15) is 5.82 Å². The summed E-state index contributed by atoms with van der Waals surface area (Å²) in [6.45, 7) is 2.02. The van der Waals surface area contributed by atoms with Crippen molar-refractivity contribution in [2.24, 2.45) is 0 Å². The number of hydrogen-bond donors (Lipinski definition) is 1. The maximum absolute atomic E-state index is 12.1. The van der Waals surface area contributed by atoms with E-state index in [1.807, 2.05) is 49.4 Å². The van der Waals surface area contributed by atoms with E-state index in [2.05, 4.69) is 25.5 Å². The van der Waals surface area contributed by atoms with Crippen LogP contribution in [0.5, 0.6) is 0 Å². The zero-order valence-corrected chi connectivity index (χ0v) is 14.2. The molecular formula is C17H14N6OS. The van der Waals surface area contributed by atoms with Crippen LogP contribution >= 0.6 is 11.8 Å². The smallest absolute Gasteiger partial charge is 0.258 e. The van der Waals surface area contributed by atoms with Gasteiger partial charge in [0.05, 0.1) is 22.3 Å². The van der Waals surface area contributed by atoms with Gasteiger partial charge in [-0.05, 0) is 47.2 Å². The number of tetrazole rings is 1. The van der Waals surface area contributed by atoms with E-state index in [1.54, 1.807) is 10.7 Å². The van der Waals surface area contributed by atoms with Crippen LogP contribution in [0.25, 0.3) is 16.6 Å². The van der Waals surface area contributed by atoms with Crippen molar-refractivity contribution in [3.63, 3.8) is 0 Å². The summed E-state index contributed by atoms with van der Waals surface area (Å²) in [5, 5.41) is 13.1. The highest BCUT2D eigenvalue weighted by Gasteiger charge is 2.11. The fourth-order valence-corrected chi connectivity index (χ4v) is 3.29. The average molecular weight is 350 g/mol. The molecule has 124 valence electrons. The Morgan fingerprint density at radius 2 is 2.04 bits per heavy atom. The molecule has 4 aromatic rings. The van der Waals surface area contributed by atoms with Gasteiger partial charge in [-0.3, -0.25) is 4.79 Å². The highest BCUT2D eigenvalue weighted by atomic mass is 32.2. The van der Waals surface area contributed by atoms with Gasteiger partial charge in [0, 0.05) is 0 Å². The lowest BCUT2D eigenvalue weighted by Crippen LogP contribution is -2.11. The van der Waals surface area contributed by atoms with Crippen molar-refractivity contribution in [2.45, 2.75) is 17.8 Å². The first-order valence-electron chi connectivity index (χ1n) is 7.67. The van der Waals surface area contributed by atoms with Crippen LogP contribution < -0.4 is 5.56 Å². The molecule has 25 heavy (non-hydrogen) atoms. The Hall–Kier alpha value is -3.00. The summed E-state index contributed by atoms with van der Waals surface area (Å²) in [6.07, 6.45) is 0. The maximum atomic E-state index is 12.1. The lowest BCUT2D eigenvalue weighted by Gasteiger charge is -2.05. The monoisotopic (exact) mass is 350 g/mol. The molecule has 2 aromatic carbocycles. The summed E-state index contributed by atoms with van der Waals surface area (Å²) in [5.74, 6) is 1.05. The molecule has 0 bridgehead atoms. The van der Waals surface area contributed by atoms with Crippen molar-refractivity contribution >= 4 is 22.7 Å². The Labute approximate surface area is 147 Å². The van der Waals surface area contributed by atoms with Gasteiger partial charge < -0.3 is 4.98 Å². The van der Waals surface area contributed by atoms with E-state index >= 15 is 0 Å². The Morgan fingerprint density at radius 1 is 1.16 bits per heavy atom. The van der Waals surface area contributed by atoms with Crippen molar-refractivity contribution in [1.29, 1.82) is 0 Å². The van der Waals surface area contributed by atoms with E-state index in [0.29, 0.717) is 27.6 Å². The summed E-state index contributed by atoms with van der Waals surface area (Å²) in [7, 11) is 0. The molecule has 4 rings (SSSR count). The van der Waals surface area contributed by atoms with Crippen LogP contribution in [0.1, 0.15) is 11.4 Å². The first kappa shape index (κ1) is 15.5. The minimum Gasteiger partial charge on any atom is -0.309 e. The minimum absolute atomic E-state index is 0.139. The molecule has 7 nitrogen and oxygen atoms in total. The number of para-hydroxylation sites is 1. The van der Waals surface area contributed by atoms with Crippen LogP contribution in [0.15, 0.2) is 58.5 Å². The fraction of sp³-hybridized carbons (Fsp3) is 0.118. The molecule has 0 spiro atoms. The Morgan fingerprint density at radius 3 is 2.92 bits per heavy atom. The standard InChI is InChI=1S/C17H14N6OS/c1-11-5-4-6-12(9-11)23-17(20-21-22-23)25-10-15-18-14-8-3-2-7-13(14)16(24)19-15/h2-9H,10H2,1H3,(H,18,19,24). The SMILES string of the molecule is Cc1cccc(-n2nnnc2SCc2nc3ccccc3c(=O)[nH]2)c1. The van der Waals surface area contributed by atoms with Crippen molar-refractivity contribution in [3.8, 4) is 5.69 Å². The first-order valence-corrected chi connectivity index (χ1v) is 8.65. The largest absolute Gasteiger partial charge is 0.309 e. The second-order valence-corrected chi connectivity index (χ2v) is 6.47. The van der Waals surface area contributed by atoms with E-state index in [0.717, 1.165) is 11.3 Å². The molecule has 0 aliphatic heterocycles. The van der Waals surface area contributed by atoms with Crippen LogP contribution in [-0.2, 0) is 5.75 Å². The average Bonchev–Trinajstić information content (AvgIpc) is 3.09. The van der Waals surface area contributed by atoms with E-state index in [-0.39, 0.29) is 5.56 Å². The number of aromatic amines is 1.